The molecule has 0 bridgehead atoms. The van der Waals surface area contributed by atoms with Crippen LogP contribution in [0.15, 0.2) is 24.3 Å². The Morgan fingerprint density at radius 1 is 1.04 bits per heavy atom. The molecule has 1 unspecified atom stereocenters. The van der Waals surface area contributed by atoms with Crippen LogP contribution in [0.2, 0.25) is 0 Å². The minimum atomic E-state index is 0.181. The average molecular weight is 344 g/mol. The van der Waals surface area contributed by atoms with Gasteiger partial charge >= 0.3 is 0 Å². The van der Waals surface area contributed by atoms with Crippen molar-refractivity contribution >= 4 is 17.2 Å². The van der Waals surface area contributed by atoms with E-state index in [0.717, 1.165) is 63.0 Å². The first-order valence-electron chi connectivity index (χ1n) is 9.83. The van der Waals surface area contributed by atoms with E-state index in [4.69, 9.17) is 10.5 Å². The van der Waals surface area contributed by atoms with Gasteiger partial charge in [0.05, 0.1) is 23.6 Å². The average Bonchev–Trinajstić information content (AvgIpc) is 2.59. The fourth-order valence-corrected chi connectivity index (χ4v) is 4.46. The predicted octanol–water partition coefficient (Wildman–Crippen LogP) is 4.04. The lowest BCUT2D eigenvalue weighted by Crippen LogP contribution is -2.39. The highest BCUT2D eigenvalue weighted by atomic mass is 16.5. The zero-order valence-electron chi connectivity index (χ0n) is 15.6. The molecule has 0 aliphatic carbocycles. The van der Waals surface area contributed by atoms with Gasteiger partial charge in [-0.25, -0.2) is 0 Å². The molecule has 2 aliphatic heterocycles. The molecule has 2 N–H and O–H groups in total. The van der Waals surface area contributed by atoms with E-state index in [1.807, 2.05) is 18.2 Å². The maximum atomic E-state index is 13.1. The number of nitrogen functional groups attached to an aromatic ring is 1. The Labute approximate surface area is 151 Å². The van der Waals surface area contributed by atoms with Gasteiger partial charge in [0.2, 0.25) is 0 Å². The summed E-state index contributed by atoms with van der Waals surface area (Å²) in [7, 11) is 0. The van der Waals surface area contributed by atoms with Crippen LogP contribution in [0.5, 0.6) is 0 Å². The van der Waals surface area contributed by atoms with E-state index in [-0.39, 0.29) is 17.9 Å². The fraction of sp³-hybridized carbons (Fsp3) is 0.667. The minimum absolute atomic E-state index is 0.181. The van der Waals surface area contributed by atoms with Crippen LogP contribution in [0.1, 0.15) is 52.4 Å². The molecule has 25 heavy (non-hydrogen) atoms. The first-order valence-corrected chi connectivity index (χ1v) is 9.83. The third-order valence-electron chi connectivity index (χ3n) is 5.82. The van der Waals surface area contributed by atoms with E-state index in [0.29, 0.717) is 11.9 Å². The van der Waals surface area contributed by atoms with Crippen molar-refractivity contribution in [1.82, 2.24) is 0 Å². The van der Waals surface area contributed by atoms with Crippen molar-refractivity contribution < 1.29 is 9.53 Å². The smallest absolute Gasteiger partial charge is 0.139 e. The van der Waals surface area contributed by atoms with Crippen molar-refractivity contribution in [1.29, 1.82) is 0 Å². The summed E-state index contributed by atoms with van der Waals surface area (Å²) in [5.41, 5.74) is 8.03. The summed E-state index contributed by atoms with van der Waals surface area (Å²) >= 11 is 0. The van der Waals surface area contributed by atoms with E-state index < -0.39 is 0 Å². The molecule has 1 aromatic carbocycles. The quantitative estimate of drug-likeness (QED) is 0.841. The Balaban J connectivity index is 1.57. The molecule has 0 spiro atoms. The molecule has 138 valence electrons. The van der Waals surface area contributed by atoms with Crippen LogP contribution < -0.4 is 10.6 Å². The monoisotopic (exact) mass is 344 g/mol. The van der Waals surface area contributed by atoms with Crippen LogP contribution >= 0.6 is 0 Å². The molecule has 1 aromatic rings. The zero-order chi connectivity index (χ0) is 17.8. The molecular weight excluding hydrogens is 312 g/mol. The lowest BCUT2D eigenvalue weighted by molar-refractivity contribution is -0.130. The van der Waals surface area contributed by atoms with E-state index in [2.05, 4.69) is 24.8 Å². The van der Waals surface area contributed by atoms with Gasteiger partial charge in [-0.1, -0.05) is 18.6 Å². The number of piperidine rings is 1. The van der Waals surface area contributed by atoms with Gasteiger partial charge in [0, 0.05) is 24.9 Å². The fourth-order valence-electron chi connectivity index (χ4n) is 4.46. The largest absolute Gasteiger partial charge is 0.397 e. The summed E-state index contributed by atoms with van der Waals surface area (Å²) in [6.07, 6.45) is 6.48. The van der Waals surface area contributed by atoms with E-state index in [1.54, 1.807) is 0 Å². The Morgan fingerprint density at radius 3 is 2.48 bits per heavy atom. The van der Waals surface area contributed by atoms with Gasteiger partial charge in [-0.2, -0.15) is 0 Å². The summed E-state index contributed by atoms with van der Waals surface area (Å²) in [6.45, 7) is 6.09. The number of rotatable bonds is 3. The number of anilines is 2. The number of hydrogen-bond acceptors (Lipinski definition) is 4. The number of benzene rings is 1. The number of ether oxygens (including phenoxy) is 1. The van der Waals surface area contributed by atoms with Gasteiger partial charge in [-0.05, 0) is 58.1 Å². The Morgan fingerprint density at radius 2 is 1.76 bits per heavy atom. The Bertz CT molecular complexity index is 581. The second-order valence-electron chi connectivity index (χ2n) is 7.84. The molecule has 2 aliphatic rings. The third-order valence-corrected chi connectivity index (χ3v) is 5.82. The second-order valence-corrected chi connectivity index (χ2v) is 7.84. The summed E-state index contributed by atoms with van der Waals surface area (Å²) in [6, 6.07) is 8.02. The lowest BCUT2D eigenvalue weighted by atomic mass is 9.80. The number of ketones is 1. The Kier molecular flexibility index (Phi) is 6.00. The number of Topliss-reactive ketones (excluding diaryl/α,β-unsaturated/α-hetero) is 1. The van der Waals surface area contributed by atoms with Gasteiger partial charge < -0.3 is 15.4 Å². The van der Waals surface area contributed by atoms with Crippen LogP contribution in [0.25, 0.3) is 0 Å². The number of para-hydroxylation sites is 2. The SMILES string of the molecule is C[C@@H]1CC(C(=O)C2CCN(c3ccccc3N)CC2)CCC[C@H](C)O1. The number of nitrogens with zero attached hydrogens (tertiary/aromatic N) is 1. The van der Waals surface area contributed by atoms with Crippen molar-refractivity contribution in [3.05, 3.63) is 24.3 Å². The van der Waals surface area contributed by atoms with Gasteiger partial charge in [0.1, 0.15) is 5.78 Å². The third kappa shape index (κ3) is 4.55. The van der Waals surface area contributed by atoms with Gasteiger partial charge in [-0.15, -0.1) is 0 Å². The normalized spacial score (nSPS) is 29.0. The van der Waals surface area contributed by atoms with Crippen molar-refractivity contribution in [2.24, 2.45) is 11.8 Å². The van der Waals surface area contributed by atoms with Crippen LogP contribution in [0.3, 0.4) is 0 Å². The predicted molar refractivity (Wildman–Crippen MR) is 103 cm³/mol. The van der Waals surface area contributed by atoms with Crippen molar-refractivity contribution in [2.45, 2.75) is 64.6 Å². The van der Waals surface area contributed by atoms with Crippen molar-refractivity contribution in [3.8, 4) is 0 Å². The lowest BCUT2D eigenvalue weighted by Gasteiger charge is -2.36. The first-order chi connectivity index (χ1) is 12.0. The highest BCUT2D eigenvalue weighted by Crippen LogP contribution is 2.32. The van der Waals surface area contributed by atoms with E-state index in [1.165, 1.54) is 0 Å². The molecule has 3 rings (SSSR count). The molecular formula is C21H32N2O2. The van der Waals surface area contributed by atoms with Gasteiger partial charge in [0.25, 0.3) is 0 Å². The molecule has 0 radical (unpaired) electrons. The highest BCUT2D eigenvalue weighted by Gasteiger charge is 2.32. The maximum Gasteiger partial charge on any atom is 0.139 e. The minimum Gasteiger partial charge on any atom is -0.397 e. The van der Waals surface area contributed by atoms with Crippen LogP contribution in [-0.4, -0.2) is 31.1 Å². The molecule has 0 saturated carbocycles. The van der Waals surface area contributed by atoms with Gasteiger partial charge in [-0.3, -0.25) is 4.79 Å². The van der Waals surface area contributed by atoms with E-state index in [9.17, 15) is 4.79 Å². The summed E-state index contributed by atoms with van der Waals surface area (Å²) in [4.78, 5) is 15.4. The Hall–Kier alpha value is -1.55. The van der Waals surface area contributed by atoms with Crippen LogP contribution in [0, 0.1) is 11.8 Å². The van der Waals surface area contributed by atoms with E-state index >= 15 is 0 Å². The number of hydrogen-bond donors (Lipinski definition) is 1. The summed E-state index contributed by atoms with van der Waals surface area (Å²) < 4.78 is 5.97. The molecule has 4 nitrogen and oxygen atoms in total. The van der Waals surface area contributed by atoms with Crippen molar-refractivity contribution in [3.63, 3.8) is 0 Å². The summed E-state index contributed by atoms with van der Waals surface area (Å²) in [5.74, 6) is 0.863. The molecule has 2 saturated heterocycles. The van der Waals surface area contributed by atoms with Gasteiger partial charge in [0.15, 0.2) is 0 Å². The van der Waals surface area contributed by atoms with Crippen LogP contribution in [-0.2, 0) is 9.53 Å². The second kappa shape index (κ2) is 8.22. The zero-order valence-corrected chi connectivity index (χ0v) is 15.6. The maximum absolute atomic E-state index is 13.1. The first kappa shape index (κ1) is 18.2. The number of carbonyl (C=O) groups excluding carboxylic acids is 1. The molecule has 2 heterocycles. The summed E-state index contributed by atoms with van der Waals surface area (Å²) in [5, 5.41) is 0. The topological polar surface area (TPSA) is 55.6 Å². The molecule has 4 heteroatoms. The molecule has 2 fully saturated rings. The number of carbonyl (C=O) groups is 1. The number of nitrogens with two attached hydrogens (primary N) is 1. The molecule has 0 amide bonds. The molecule has 3 atom stereocenters. The standard InChI is InChI=1S/C21H32N2O2/c1-15-6-5-7-18(14-16(2)25-15)21(24)17-10-12-23(13-11-17)20-9-4-3-8-19(20)22/h3-4,8-9,15-18H,5-7,10-14,22H2,1-2H3/t15-,16+,18?/m0/s1. The molecule has 0 aromatic heterocycles. The van der Waals surface area contributed by atoms with Crippen molar-refractivity contribution in [2.75, 3.05) is 23.7 Å². The van der Waals surface area contributed by atoms with Crippen LogP contribution in [0.4, 0.5) is 11.4 Å². The highest BCUT2D eigenvalue weighted by molar-refractivity contribution is 5.84.